The predicted molar refractivity (Wildman–Crippen MR) is 90.4 cm³/mol. The average Bonchev–Trinajstić information content (AvgIpc) is 3.20. The lowest BCUT2D eigenvalue weighted by Crippen LogP contribution is -2.30. The molecule has 1 N–H and O–H groups in total. The summed E-state index contributed by atoms with van der Waals surface area (Å²) in [6.45, 7) is 1.08. The second-order valence-electron chi connectivity index (χ2n) is 6.48. The molecule has 1 aliphatic carbocycles. The number of benzene rings is 1. The summed E-state index contributed by atoms with van der Waals surface area (Å²) in [6.07, 6.45) is 3.95. The molecule has 1 aliphatic rings. The number of fused-ring (bicyclic) bond motifs is 1. The zero-order chi connectivity index (χ0) is 15.9. The van der Waals surface area contributed by atoms with E-state index in [0.29, 0.717) is 0 Å². The Morgan fingerprint density at radius 2 is 2.00 bits per heavy atom. The van der Waals surface area contributed by atoms with Gasteiger partial charge in [-0.3, -0.25) is 0 Å². The second-order valence-corrected chi connectivity index (χ2v) is 6.48. The predicted octanol–water partition coefficient (Wildman–Crippen LogP) is 2.61. The maximum absolute atomic E-state index is 9.60. The molecule has 2 heterocycles. The molecule has 3 aromatic rings. The largest absolute Gasteiger partial charge is 0.396 e. The highest BCUT2D eigenvalue weighted by atomic mass is 16.3. The van der Waals surface area contributed by atoms with Crippen LogP contribution in [0, 0.1) is 5.41 Å². The molecule has 0 radical (unpaired) electrons. The molecular formula is C18H20N4O. The molecule has 0 aliphatic heterocycles. The molecule has 1 fully saturated rings. The van der Waals surface area contributed by atoms with E-state index < -0.39 is 0 Å². The Balaban J connectivity index is 1.77. The van der Waals surface area contributed by atoms with Crippen LogP contribution in [-0.2, 0) is 0 Å². The van der Waals surface area contributed by atoms with Crippen molar-refractivity contribution in [1.29, 1.82) is 0 Å². The van der Waals surface area contributed by atoms with Gasteiger partial charge in [-0.05, 0) is 12.8 Å². The van der Waals surface area contributed by atoms with Crippen molar-refractivity contribution in [2.24, 2.45) is 5.41 Å². The monoisotopic (exact) mass is 308 g/mol. The third kappa shape index (κ3) is 2.57. The van der Waals surface area contributed by atoms with Crippen molar-refractivity contribution in [3.63, 3.8) is 0 Å². The van der Waals surface area contributed by atoms with Crippen LogP contribution in [0.3, 0.4) is 0 Å². The highest BCUT2D eigenvalue weighted by Gasteiger charge is 2.43. The van der Waals surface area contributed by atoms with E-state index in [0.717, 1.165) is 42.1 Å². The van der Waals surface area contributed by atoms with E-state index in [1.54, 1.807) is 6.20 Å². The molecular weight excluding hydrogens is 288 g/mol. The lowest BCUT2D eigenvalue weighted by molar-refractivity contribution is 0.215. The van der Waals surface area contributed by atoms with Gasteiger partial charge in [0.05, 0.1) is 18.5 Å². The lowest BCUT2D eigenvalue weighted by atomic mass is 10.1. The standard InChI is InChI=1S/C18H20N4O/c1-21(12-18(13-23)8-9-18)17-11-15(14-5-3-2-4-6-14)20-16-7-10-19-22(16)17/h2-7,10-11,23H,8-9,12-13H2,1H3. The minimum atomic E-state index is 0.0599. The molecule has 0 saturated heterocycles. The van der Waals surface area contributed by atoms with Crippen LogP contribution in [0.15, 0.2) is 48.7 Å². The molecule has 23 heavy (non-hydrogen) atoms. The first-order chi connectivity index (χ1) is 11.2. The first kappa shape index (κ1) is 14.2. The van der Waals surface area contributed by atoms with E-state index in [4.69, 9.17) is 4.98 Å². The highest BCUT2D eigenvalue weighted by Crippen LogP contribution is 2.46. The summed E-state index contributed by atoms with van der Waals surface area (Å²) >= 11 is 0. The summed E-state index contributed by atoms with van der Waals surface area (Å²) in [4.78, 5) is 6.88. The van der Waals surface area contributed by atoms with Crippen LogP contribution in [0.4, 0.5) is 5.82 Å². The Morgan fingerprint density at radius 3 is 2.70 bits per heavy atom. The third-order valence-corrected chi connectivity index (χ3v) is 4.67. The fourth-order valence-corrected chi connectivity index (χ4v) is 3.05. The third-order valence-electron chi connectivity index (χ3n) is 4.67. The van der Waals surface area contributed by atoms with Crippen molar-refractivity contribution in [3.8, 4) is 11.3 Å². The van der Waals surface area contributed by atoms with Gasteiger partial charge in [0, 0.05) is 36.7 Å². The quantitative estimate of drug-likeness (QED) is 0.787. The van der Waals surface area contributed by atoms with Gasteiger partial charge in [-0.15, -0.1) is 0 Å². The average molecular weight is 308 g/mol. The highest BCUT2D eigenvalue weighted by molar-refractivity contribution is 5.66. The Bertz CT molecular complexity index is 823. The van der Waals surface area contributed by atoms with Gasteiger partial charge in [-0.2, -0.15) is 9.61 Å². The van der Waals surface area contributed by atoms with E-state index >= 15 is 0 Å². The van der Waals surface area contributed by atoms with Gasteiger partial charge in [-0.1, -0.05) is 30.3 Å². The zero-order valence-electron chi connectivity index (χ0n) is 13.2. The zero-order valence-corrected chi connectivity index (χ0v) is 13.2. The van der Waals surface area contributed by atoms with Crippen LogP contribution in [0.25, 0.3) is 16.9 Å². The van der Waals surface area contributed by atoms with Crippen molar-refractivity contribution < 1.29 is 5.11 Å². The summed E-state index contributed by atoms with van der Waals surface area (Å²) in [5.41, 5.74) is 2.93. The van der Waals surface area contributed by atoms with Crippen LogP contribution < -0.4 is 4.90 Å². The van der Waals surface area contributed by atoms with Gasteiger partial charge in [-0.25, -0.2) is 4.98 Å². The minimum Gasteiger partial charge on any atom is -0.396 e. The Hall–Kier alpha value is -2.40. The van der Waals surface area contributed by atoms with Crippen molar-refractivity contribution in [2.75, 3.05) is 25.1 Å². The van der Waals surface area contributed by atoms with E-state index in [1.165, 1.54) is 0 Å². The fourth-order valence-electron chi connectivity index (χ4n) is 3.05. The number of anilines is 1. The molecule has 0 amide bonds. The summed E-state index contributed by atoms with van der Waals surface area (Å²) in [6, 6.07) is 14.2. The van der Waals surface area contributed by atoms with Crippen LogP contribution in [-0.4, -0.2) is 39.9 Å². The van der Waals surface area contributed by atoms with Crippen LogP contribution in [0.1, 0.15) is 12.8 Å². The molecule has 5 nitrogen and oxygen atoms in total. The molecule has 0 spiro atoms. The summed E-state index contributed by atoms with van der Waals surface area (Å²) in [5, 5.41) is 14.0. The fraction of sp³-hybridized carbons (Fsp3) is 0.333. The van der Waals surface area contributed by atoms with Gasteiger partial charge in [0.2, 0.25) is 0 Å². The maximum Gasteiger partial charge on any atom is 0.157 e. The molecule has 0 bridgehead atoms. The van der Waals surface area contributed by atoms with Crippen molar-refractivity contribution in [1.82, 2.24) is 14.6 Å². The smallest absolute Gasteiger partial charge is 0.157 e. The molecule has 4 rings (SSSR count). The van der Waals surface area contributed by atoms with Gasteiger partial charge in [0.15, 0.2) is 5.65 Å². The maximum atomic E-state index is 9.60. The van der Waals surface area contributed by atoms with Gasteiger partial charge in [0.25, 0.3) is 0 Å². The van der Waals surface area contributed by atoms with E-state index in [9.17, 15) is 5.11 Å². The van der Waals surface area contributed by atoms with E-state index in [2.05, 4.69) is 35.2 Å². The Kier molecular flexibility index (Phi) is 3.31. The first-order valence-corrected chi connectivity index (χ1v) is 7.93. The van der Waals surface area contributed by atoms with Gasteiger partial charge in [0.1, 0.15) is 5.82 Å². The Labute approximate surface area is 135 Å². The lowest BCUT2D eigenvalue weighted by Gasteiger charge is -2.25. The number of aliphatic hydroxyl groups excluding tert-OH is 1. The van der Waals surface area contributed by atoms with Crippen LogP contribution in [0.2, 0.25) is 0 Å². The van der Waals surface area contributed by atoms with Crippen LogP contribution >= 0.6 is 0 Å². The molecule has 118 valence electrons. The van der Waals surface area contributed by atoms with Crippen molar-refractivity contribution in [2.45, 2.75) is 12.8 Å². The van der Waals surface area contributed by atoms with E-state index in [-0.39, 0.29) is 12.0 Å². The molecule has 5 heteroatoms. The Morgan fingerprint density at radius 1 is 1.22 bits per heavy atom. The number of hydrogen-bond acceptors (Lipinski definition) is 4. The second kappa shape index (κ2) is 5.35. The summed E-state index contributed by atoms with van der Waals surface area (Å²) in [5.74, 6) is 0.999. The van der Waals surface area contributed by atoms with Crippen LogP contribution in [0.5, 0.6) is 0 Å². The topological polar surface area (TPSA) is 53.7 Å². The molecule has 2 aromatic heterocycles. The number of nitrogens with zero attached hydrogens (tertiary/aromatic N) is 4. The normalized spacial score (nSPS) is 15.7. The molecule has 1 saturated carbocycles. The molecule has 0 unspecified atom stereocenters. The summed E-state index contributed by atoms with van der Waals surface area (Å²) in [7, 11) is 2.06. The molecule has 1 aromatic carbocycles. The van der Waals surface area contributed by atoms with Gasteiger partial charge < -0.3 is 10.0 Å². The SMILES string of the molecule is CN(CC1(CO)CC1)c1cc(-c2ccccc2)nc2ccnn12. The number of aliphatic hydroxyl groups is 1. The van der Waals surface area contributed by atoms with Crippen molar-refractivity contribution in [3.05, 3.63) is 48.7 Å². The first-order valence-electron chi connectivity index (χ1n) is 7.93. The van der Waals surface area contributed by atoms with E-state index in [1.807, 2.05) is 28.8 Å². The summed E-state index contributed by atoms with van der Waals surface area (Å²) < 4.78 is 1.86. The molecule has 0 atom stereocenters. The number of hydrogen-bond donors (Lipinski definition) is 1. The minimum absolute atomic E-state index is 0.0599. The number of aromatic nitrogens is 3. The van der Waals surface area contributed by atoms with Crippen molar-refractivity contribution >= 4 is 11.5 Å². The number of rotatable bonds is 5. The van der Waals surface area contributed by atoms with Gasteiger partial charge >= 0.3 is 0 Å².